The van der Waals surface area contributed by atoms with Gasteiger partial charge in [0.05, 0.1) is 5.92 Å². The molecule has 1 aromatic carbocycles. The Labute approximate surface area is 89.7 Å². The largest absolute Gasteiger partial charge is 0.369 e. The van der Waals surface area contributed by atoms with Crippen molar-refractivity contribution >= 4 is 5.91 Å². The number of rotatable bonds is 2. The molecule has 80 valence electrons. The highest BCUT2D eigenvalue weighted by Gasteiger charge is 2.43. The van der Waals surface area contributed by atoms with Crippen LogP contribution in [-0.4, -0.2) is 19.0 Å². The lowest BCUT2D eigenvalue weighted by atomic mass is 9.74. The predicted octanol–water partition coefficient (Wildman–Crippen LogP) is 0.649. The molecule has 0 aromatic heterocycles. The van der Waals surface area contributed by atoms with Gasteiger partial charge in [-0.25, -0.2) is 0 Å². The molecule has 0 bridgehead atoms. The third kappa shape index (κ3) is 1.63. The SMILES string of the molecule is CC1(c2ccccc2)CNCC1C(N)=O. The number of nitrogens with one attached hydrogen (secondary N) is 1. The number of amides is 1. The van der Waals surface area contributed by atoms with Crippen molar-refractivity contribution in [1.82, 2.24) is 5.32 Å². The van der Waals surface area contributed by atoms with Gasteiger partial charge in [-0.3, -0.25) is 4.79 Å². The Morgan fingerprint density at radius 1 is 1.47 bits per heavy atom. The molecule has 2 unspecified atom stereocenters. The van der Waals surface area contributed by atoms with Crippen LogP contribution in [0.1, 0.15) is 12.5 Å². The fraction of sp³-hybridized carbons (Fsp3) is 0.417. The van der Waals surface area contributed by atoms with Crippen LogP contribution in [-0.2, 0) is 10.2 Å². The Morgan fingerprint density at radius 2 is 2.13 bits per heavy atom. The van der Waals surface area contributed by atoms with Crippen LogP contribution in [0.5, 0.6) is 0 Å². The van der Waals surface area contributed by atoms with Crippen molar-refractivity contribution in [2.24, 2.45) is 11.7 Å². The number of carbonyl (C=O) groups is 1. The van der Waals surface area contributed by atoms with Crippen molar-refractivity contribution in [2.75, 3.05) is 13.1 Å². The summed E-state index contributed by atoms with van der Waals surface area (Å²) in [5.74, 6) is -0.328. The van der Waals surface area contributed by atoms with Gasteiger partial charge in [-0.05, 0) is 5.56 Å². The standard InChI is InChI=1S/C12H16N2O/c1-12(9-5-3-2-4-6-9)8-14-7-10(12)11(13)15/h2-6,10,14H,7-8H2,1H3,(H2,13,15). The van der Waals surface area contributed by atoms with Crippen LogP contribution < -0.4 is 11.1 Å². The molecule has 1 fully saturated rings. The quantitative estimate of drug-likeness (QED) is 0.743. The summed E-state index contributed by atoms with van der Waals surface area (Å²) in [6, 6.07) is 10.1. The van der Waals surface area contributed by atoms with Crippen LogP contribution in [0.3, 0.4) is 0 Å². The maximum atomic E-state index is 11.4. The summed E-state index contributed by atoms with van der Waals surface area (Å²) >= 11 is 0. The molecule has 0 saturated carbocycles. The lowest BCUT2D eigenvalue weighted by Gasteiger charge is -2.29. The van der Waals surface area contributed by atoms with E-state index in [1.165, 1.54) is 5.56 Å². The number of hydrogen-bond donors (Lipinski definition) is 2. The highest BCUT2D eigenvalue weighted by atomic mass is 16.1. The first kappa shape index (κ1) is 10.2. The van der Waals surface area contributed by atoms with E-state index in [0.717, 1.165) is 6.54 Å². The van der Waals surface area contributed by atoms with Crippen LogP contribution >= 0.6 is 0 Å². The molecule has 1 aliphatic heterocycles. The molecule has 0 aliphatic carbocycles. The second-order valence-electron chi connectivity index (χ2n) is 4.37. The van der Waals surface area contributed by atoms with Gasteiger partial charge in [0.15, 0.2) is 0 Å². The number of hydrogen-bond acceptors (Lipinski definition) is 2. The topological polar surface area (TPSA) is 55.1 Å². The summed E-state index contributed by atoms with van der Waals surface area (Å²) in [6.07, 6.45) is 0. The van der Waals surface area contributed by atoms with Crippen molar-refractivity contribution in [3.8, 4) is 0 Å². The molecular formula is C12H16N2O. The maximum Gasteiger partial charge on any atom is 0.222 e. The number of primary amides is 1. The molecule has 3 heteroatoms. The minimum absolute atomic E-state index is 0.111. The average molecular weight is 204 g/mol. The van der Waals surface area contributed by atoms with Gasteiger partial charge in [-0.1, -0.05) is 37.3 Å². The zero-order chi connectivity index (χ0) is 10.9. The minimum atomic E-state index is -0.216. The van der Waals surface area contributed by atoms with Crippen LogP contribution in [0, 0.1) is 5.92 Å². The number of nitrogens with two attached hydrogens (primary N) is 1. The summed E-state index contributed by atoms with van der Waals surface area (Å²) in [5, 5.41) is 3.24. The lowest BCUT2D eigenvalue weighted by Crippen LogP contribution is -2.39. The third-order valence-corrected chi connectivity index (χ3v) is 3.39. The Balaban J connectivity index is 2.37. The van der Waals surface area contributed by atoms with Crippen LogP contribution in [0.4, 0.5) is 0 Å². The van der Waals surface area contributed by atoms with E-state index in [9.17, 15) is 4.79 Å². The van der Waals surface area contributed by atoms with Crippen LogP contribution in [0.25, 0.3) is 0 Å². The molecule has 0 radical (unpaired) electrons. The fourth-order valence-electron chi connectivity index (χ4n) is 2.36. The first-order valence-electron chi connectivity index (χ1n) is 5.20. The van der Waals surface area contributed by atoms with Crippen molar-refractivity contribution in [3.05, 3.63) is 35.9 Å². The molecule has 1 aliphatic rings. The van der Waals surface area contributed by atoms with E-state index in [4.69, 9.17) is 5.73 Å². The van der Waals surface area contributed by atoms with E-state index in [1.807, 2.05) is 18.2 Å². The van der Waals surface area contributed by atoms with Gasteiger partial charge in [-0.2, -0.15) is 0 Å². The molecule has 3 N–H and O–H groups in total. The number of benzene rings is 1. The van der Waals surface area contributed by atoms with E-state index in [1.54, 1.807) is 0 Å². The molecule has 3 nitrogen and oxygen atoms in total. The smallest absolute Gasteiger partial charge is 0.222 e. The Bertz CT molecular complexity index is 363. The van der Waals surface area contributed by atoms with E-state index in [0.29, 0.717) is 6.54 Å². The summed E-state index contributed by atoms with van der Waals surface area (Å²) in [7, 11) is 0. The fourth-order valence-corrected chi connectivity index (χ4v) is 2.36. The lowest BCUT2D eigenvalue weighted by molar-refractivity contribution is -0.122. The van der Waals surface area contributed by atoms with E-state index >= 15 is 0 Å². The molecule has 0 spiro atoms. The first-order chi connectivity index (χ1) is 7.14. The van der Waals surface area contributed by atoms with Crippen molar-refractivity contribution in [3.63, 3.8) is 0 Å². The number of carbonyl (C=O) groups excluding carboxylic acids is 1. The molecular weight excluding hydrogens is 188 g/mol. The van der Waals surface area contributed by atoms with Gasteiger partial charge in [0.25, 0.3) is 0 Å². The first-order valence-corrected chi connectivity index (χ1v) is 5.20. The second kappa shape index (κ2) is 3.66. The molecule has 1 heterocycles. The predicted molar refractivity (Wildman–Crippen MR) is 59.3 cm³/mol. The molecule has 2 rings (SSSR count). The van der Waals surface area contributed by atoms with E-state index in [2.05, 4.69) is 24.4 Å². The molecule has 1 aromatic rings. The van der Waals surface area contributed by atoms with Crippen LogP contribution in [0.2, 0.25) is 0 Å². The Hall–Kier alpha value is -1.35. The summed E-state index contributed by atoms with van der Waals surface area (Å²) in [4.78, 5) is 11.4. The van der Waals surface area contributed by atoms with Gasteiger partial charge < -0.3 is 11.1 Å². The minimum Gasteiger partial charge on any atom is -0.369 e. The van der Waals surface area contributed by atoms with Gasteiger partial charge in [0.2, 0.25) is 5.91 Å². The summed E-state index contributed by atoms with van der Waals surface area (Å²) in [6.45, 7) is 3.59. The van der Waals surface area contributed by atoms with Gasteiger partial charge in [0.1, 0.15) is 0 Å². The third-order valence-electron chi connectivity index (χ3n) is 3.39. The monoisotopic (exact) mass is 204 g/mol. The van der Waals surface area contributed by atoms with Crippen molar-refractivity contribution in [1.29, 1.82) is 0 Å². The maximum absolute atomic E-state index is 11.4. The highest BCUT2D eigenvalue weighted by molar-refractivity contribution is 5.79. The van der Waals surface area contributed by atoms with Crippen LogP contribution in [0.15, 0.2) is 30.3 Å². The van der Waals surface area contributed by atoms with E-state index < -0.39 is 0 Å². The zero-order valence-corrected chi connectivity index (χ0v) is 8.86. The van der Waals surface area contributed by atoms with Gasteiger partial charge in [0, 0.05) is 18.5 Å². The van der Waals surface area contributed by atoms with Crippen molar-refractivity contribution < 1.29 is 4.79 Å². The molecule has 1 saturated heterocycles. The van der Waals surface area contributed by atoms with Gasteiger partial charge >= 0.3 is 0 Å². The molecule has 2 atom stereocenters. The molecule has 15 heavy (non-hydrogen) atoms. The normalized spacial score (nSPS) is 30.3. The van der Waals surface area contributed by atoms with Gasteiger partial charge in [-0.15, -0.1) is 0 Å². The zero-order valence-electron chi connectivity index (χ0n) is 8.86. The Kier molecular flexibility index (Phi) is 2.49. The second-order valence-corrected chi connectivity index (χ2v) is 4.37. The Morgan fingerprint density at radius 3 is 2.73 bits per heavy atom. The van der Waals surface area contributed by atoms with E-state index in [-0.39, 0.29) is 17.2 Å². The van der Waals surface area contributed by atoms with Crippen molar-refractivity contribution in [2.45, 2.75) is 12.3 Å². The highest BCUT2D eigenvalue weighted by Crippen LogP contribution is 2.34. The average Bonchev–Trinajstić information content (AvgIpc) is 2.63. The summed E-state index contributed by atoms with van der Waals surface area (Å²) in [5.41, 5.74) is 6.45. The summed E-state index contributed by atoms with van der Waals surface area (Å²) < 4.78 is 0. The molecule has 1 amide bonds.